The van der Waals surface area contributed by atoms with Crippen LogP contribution in [-0.2, 0) is 11.3 Å². The molecule has 1 unspecified atom stereocenters. The Kier molecular flexibility index (Phi) is 7.73. The predicted octanol–water partition coefficient (Wildman–Crippen LogP) is 2.92. The van der Waals surface area contributed by atoms with Crippen LogP contribution in [0, 0.1) is 5.92 Å². The van der Waals surface area contributed by atoms with Gasteiger partial charge in [0.25, 0.3) is 0 Å². The van der Waals surface area contributed by atoms with Gasteiger partial charge in [0.2, 0.25) is 5.91 Å². The zero-order chi connectivity index (χ0) is 17.4. The molecule has 0 aromatic heterocycles. The Morgan fingerprint density at radius 2 is 2.04 bits per heavy atom. The van der Waals surface area contributed by atoms with E-state index in [0.717, 1.165) is 32.5 Å². The topological polar surface area (TPSA) is 58.4 Å². The number of rotatable bonds is 8. The summed E-state index contributed by atoms with van der Waals surface area (Å²) in [6.07, 6.45) is 5.54. The van der Waals surface area contributed by atoms with E-state index in [4.69, 9.17) is 5.73 Å². The molecule has 2 rings (SSSR count). The van der Waals surface area contributed by atoms with Crippen molar-refractivity contribution < 1.29 is 4.79 Å². The average Bonchev–Trinajstić information content (AvgIpc) is 2.56. The van der Waals surface area contributed by atoms with E-state index in [0.29, 0.717) is 12.0 Å². The molecule has 1 saturated heterocycles. The van der Waals surface area contributed by atoms with E-state index >= 15 is 0 Å². The standard InChI is InChI=1S/C20H33N3O/c1-16(2)14-19(21)20(24)22-12-11-18-10-6-7-13-23(18)15-17-8-4-3-5-9-17/h3-5,8-9,16,18-19H,6-7,10-15,21H2,1-2H3,(H,22,24)/t18?,19-/m0/s1. The number of nitrogens with two attached hydrogens (primary N) is 1. The maximum Gasteiger partial charge on any atom is 0.236 e. The zero-order valence-corrected chi connectivity index (χ0v) is 15.2. The lowest BCUT2D eigenvalue weighted by Crippen LogP contribution is -2.44. The summed E-state index contributed by atoms with van der Waals surface area (Å²) in [5.74, 6) is 0.444. The molecule has 4 nitrogen and oxygen atoms in total. The molecular formula is C20H33N3O. The summed E-state index contributed by atoms with van der Waals surface area (Å²) < 4.78 is 0. The van der Waals surface area contributed by atoms with Crippen molar-refractivity contribution >= 4 is 5.91 Å². The van der Waals surface area contributed by atoms with Crippen molar-refractivity contribution in [3.8, 4) is 0 Å². The molecule has 0 radical (unpaired) electrons. The number of carbonyl (C=O) groups is 1. The number of benzene rings is 1. The highest BCUT2D eigenvalue weighted by Crippen LogP contribution is 2.21. The molecule has 1 heterocycles. The van der Waals surface area contributed by atoms with Gasteiger partial charge in [-0.2, -0.15) is 0 Å². The molecule has 2 atom stereocenters. The van der Waals surface area contributed by atoms with Crippen molar-refractivity contribution in [3.05, 3.63) is 35.9 Å². The Hall–Kier alpha value is -1.39. The van der Waals surface area contributed by atoms with Crippen molar-refractivity contribution in [3.63, 3.8) is 0 Å². The molecule has 1 fully saturated rings. The normalized spacial score (nSPS) is 20.1. The Morgan fingerprint density at radius 3 is 2.75 bits per heavy atom. The highest BCUT2D eigenvalue weighted by Gasteiger charge is 2.22. The van der Waals surface area contributed by atoms with Gasteiger partial charge in [0.1, 0.15) is 0 Å². The molecule has 1 aromatic carbocycles. The van der Waals surface area contributed by atoms with Gasteiger partial charge in [-0.3, -0.25) is 9.69 Å². The summed E-state index contributed by atoms with van der Waals surface area (Å²) in [6.45, 7) is 7.07. The SMILES string of the molecule is CC(C)C[C@H](N)C(=O)NCCC1CCCCN1Cc1ccccc1. The first-order valence-electron chi connectivity index (χ1n) is 9.37. The Bertz CT molecular complexity index is 489. The first-order chi connectivity index (χ1) is 11.6. The summed E-state index contributed by atoms with van der Waals surface area (Å²) in [5.41, 5.74) is 7.31. The molecule has 3 N–H and O–H groups in total. The molecule has 134 valence electrons. The number of hydrogen-bond acceptors (Lipinski definition) is 3. The molecule has 1 aliphatic rings. The summed E-state index contributed by atoms with van der Waals surface area (Å²) in [4.78, 5) is 14.6. The second kappa shape index (κ2) is 9.80. The van der Waals surface area contributed by atoms with Crippen LogP contribution < -0.4 is 11.1 Å². The van der Waals surface area contributed by atoms with E-state index in [9.17, 15) is 4.79 Å². The minimum Gasteiger partial charge on any atom is -0.355 e. The van der Waals surface area contributed by atoms with E-state index in [1.54, 1.807) is 0 Å². The Labute approximate surface area is 146 Å². The van der Waals surface area contributed by atoms with Gasteiger partial charge < -0.3 is 11.1 Å². The third-order valence-corrected chi connectivity index (χ3v) is 4.82. The first-order valence-corrected chi connectivity index (χ1v) is 9.37. The van der Waals surface area contributed by atoms with Gasteiger partial charge >= 0.3 is 0 Å². The molecule has 1 amide bonds. The quantitative estimate of drug-likeness (QED) is 0.770. The van der Waals surface area contributed by atoms with Crippen molar-refractivity contribution in [1.29, 1.82) is 0 Å². The Balaban J connectivity index is 1.78. The van der Waals surface area contributed by atoms with Gasteiger partial charge in [-0.15, -0.1) is 0 Å². The van der Waals surface area contributed by atoms with E-state index in [2.05, 4.69) is 54.4 Å². The smallest absolute Gasteiger partial charge is 0.236 e. The molecule has 24 heavy (non-hydrogen) atoms. The number of nitrogens with one attached hydrogen (secondary N) is 1. The zero-order valence-electron chi connectivity index (χ0n) is 15.2. The van der Waals surface area contributed by atoms with Crippen molar-refractivity contribution in [2.75, 3.05) is 13.1 Å². The number of amides is 1. The van der Waals surface area contributed by atoms with Crippen molar-refractivity contribution in [2.24, 2.45) is 11.7 Å². The summed E-state index contributed by atoms with van der Waals surface area (Å²) in [7, 11) is 0. The number of hydrogen-bond donors (Lipinski definition) is 2. The lowest BCUT2D eigenvalue weighted by Gasteiger charge is -2.36. The van der Waals surface area contributed by atoms with Crippen LogP contribution in [0.3, 0.4) is 0 Å². The van der Waals surface area contributed by atoms with Crippen LogP contribution in [-0.4, -0.2) is 36.0 Å². The Morgan fingerprint density at radius 1 is 1.29 bits per heavy atom. The van der Waals surface area contributed by atoms with E-state index in [-0.39, 0.29) is 11.9 Å². The highest BCUT2D eigenvalue weighted by atomic mass is 16.2. The summed E-state index contributed by atoms with van der Waals surface area (Å²) in [5, 5.41) is 3.03. The fourth-order valence-corrected chi connectivity index (χ4v) is 3.52. The molecule has 0 saturated carbocycles. The predicted molar refractivity (Wildman–Crippen MR) is 99.5 cm³/mol. The van der Waals surface area contributed by atoms with E-state index in [1.165, 1.54) is 24.8 Å². The van der Waals surface area contributed by atoms with Gasteiger partial charge in [0.15, 0.2) is 0 Å². The third-order valence-electron chi connectivity index (χ3n) is 4.82. The van der Waals surface area contributed by atoms with Gasteiger partial charge in [0, 0.05) is 19.1 Å². The van der Waals surface area contributed by atoms with Gasteiger partial charge in [-0.25, -0.2) is 0 Å². The van der Waals surface area contributed by atoms with Crippen LogP contribution in [0.15, 0.2) is 30.3 Å². The first kappa shape index (κ1) is 18.9. The molecule has 0 spiro atoms. The number of likely N-dealkylation sites (tertiary alicyclic amines) is 1. The molecule has 0 bridgehead atoms. The average molecular weight is 332 g/mol. The van der Waals surface area contributed by atoms with E-state index < -0.39 is 0 Å². The number of nitrogens with zero attached hydrogens (tertiary/aromatic N) is 1. The second-order valence-electron chi connectivity index (χ2n) is 7.42. The minimum atomic E-state index is -0.378. The summed E-state index contributed by atoms with van der Waals surface area (Å²) in [6, 6.07) is 10.8. The lowest BCUT2D eigenvalue weighted by atomic mass is 9.98. The number of carbonyl (C=O) groups excluding carboxylic acids is 1. The van der Waals surface area contributed by atoms with E-state index in [1.807, 2.05) is 0 Å². The van der Waals surface area contributed by atoms with Crippen LogP contribution in [0.1, 0.15) is 51.5 Å². The maximum absolute atomic E-state index is 12.0. The molecule has 1 aliphatic heterocycles. The minimum absolute atomic E-state index is 0.00545. The summed E-state index contributed by atoms with van der Waals surface area (Å²) >= 11 is 0. The van der Waals surface area contributed by atoms with Crippen LogP contribution >= 0.6 is 0 Å². The largest absolute Gasteiger partial charge is 0.355 e. The number of piperidine rings is 1. The fraction of sp³-hybridized carbons (Fsp3) is 0.650. The monoisotopic (exact) mass is 331 g/mol. The molecule has 4 heteroatoms. The maximum atomic E-state index is 12.0. The molecule has 0 aliphatic carbocycles. The van der Waals surface area contributed by atoms with Crippen LogP contribution in [0.2, 0.25) is 0 Å². The fourth-order valence-electron chi connectivity index (χ4n) is 3.52. The van der Waals surface area contributed by atoms with Crippen LogP contribution in [0.25, 0.3) is 0 Å². The third kappa shape index (κ3) is 6.25. The van der Waals surface area contributed by atoms with Gasteiger partial charge in [-0.1, -0.05) is 50.6 Å². The second-order valence-corrected chi connectivity index (χ2v) is 7.42. The lowest BCUT2D eigenvalue weighted by molar-refractivity contribution is -0.122. The highest BCUT2D eigenvalue weighted by molar-refractivity contribution is 5.81. The molecule has 1 aromatic rings. The van der Waals surface area contributed by atoms with Crippen molar-refractivity contribution in [2.45, 2.75) is 64.6 Å². The van der Waals surface area contributed by atoms with Gasteiger partial charge in [0.05, 0.1) is 6.04 Å². The van der Waals surface area contributed by atoms with Gasteiger partial charge in [-0.05, 0) is 43.7 Å². The van der Waals surface area contributed by atoms with Crippen molar-refractivity contribution in [1.82, 2.24) is 10.2 Å². The van der Waals surface area contributed by atoms with Crippen LogP contribution in [0.5, 0.6) is 0 Å². The van der Waals surface area contributed by atoms with Crippen LogP contribution in [0.4, 0.5) is 0 Å². The molecular weight excluding hydrogens is 298 g/mol.